The van der Waals surface area contributed by atoms with Crippen molar-refractivity contribution in [1.29, 1.82) is 0 Å². The highest BCUT2D eigenvalue weighted by Crippen LogP contribution is 2.24. The molecule has 0 amide bonds. The molecular formula is C11H21N3S. The van der Waals surface area contributed by atoms with Gasteiger partial charge in [0, 0.05) is 0 Å². The molecule has 0 saturated heterocycles. The molecule has 0 spiro atoms. The topological polar surface area (TPSA) is 37.8 Å². The van der Waals surface area contributed by atoms with Gasteiger partial charge in [0.05, 0.1) is 29.7 Å². The molecule has 0 aliphatic carbocycles. The van der Waals surface area contributed by atoms with E-state index in [4.69, 9.17) is 0 Å². The van der Waals surface area contributed by atoms with Crippen LogP contribution in [0.3, 0.4) is 0 Å². The molecule has 1 N–H and O–H groups in total. The molecule has 3 nitrogen and oxygen atoms in total. The Hall–Kier alpha value is -0.480. The van der Waals surface area contributed by atoms with Crippen LogP contribution in [0, 0.1) is 5.92 Å². The van der Waals surface area contributed by atoms with E-state index in [1.165, 1.54) is 31.0 Å². The molecule has 1 heterocycles. The maximum atomic E-state index is 4.32. The molecule has 1 aromatic heterocycles. The molecule has 0 aliphatic heterocycles. The van der Waals surface area contributed by atoms with E-state index in [2.05, 4.69) is 34.8 Å². The summed E-state index contributed by atoms with van der Waals surface area (Å²) in [6, 6.07) is 0.388. The lowest BCUT2D eigenvalue weighted by Crippen LogP contribution is -2.23. The molecule has 1 atom stereocenters. The zero-order chi connectivity index (χ0) is 11.1. The van der Waals surface area contributed by atoms with E-state index in [1.54, 1.807) is 0 Å². The van der Waals surface area contributed by atoms with Gasteiger partial charge < -0.3 is 5.32 Å². The number of hydrogen-bond acceptors (Lipinski definition) is 4. The average Bonchev–Trinajstić information content (AvgIpc) is 2.77. The SMILES string of the molecule is CCNC(CC(CC)CC)c1cnsn1. The van der Waals surface area contributed by atoms with E-state index in [9.17, 15) is 0 Å². The minimum absolute atomic E-state index is 0.388. The first-order valence-electron chi connectivity index (χ1n) is 5.82. The van der Waals surface area contributed by atoms with Crippen molar-refractivity contribution in [1.82, 2.24) is 14.1 Å². The Labute approximate surface area is 96.6 Å². The van der Waals surface area contributed by atoms with Crippen molar-refractivity contribution in [2.75, 3.05) is 6.54 Å². The first-order chi connectivity index (χ1) is 7.31. The van der Waals surface area contributed by atoms with E-state index in [1.807, 2.05) is 6.20 Å². The second-order valence-corrected chi connectivity index (χ2v) is 4.42. The van der Waals surface area contributed by atoms with Gasteiger partial charge in [-0.3, -0.25) is 0 Å². The van der Waals surface area contributed by atoms with Gasteiger partial charge in [0.15, 0.2) is 0 Å². The Kier molecular flexibility index (Phi) is 5.79. The molecule has 0 aliphatic rings. The second kappa shape index (κ2) is 6.90. The molecular weight excluding hydrogens is 206 g/mol. The van der Waals surface area contributed by atoms with Crippen LogP contribution in [0.25, 0.3) is 0 Å². The largest absolute Gasteiger partial charge is 0.309 e. The van der Waals surface area contributed by atoms with Gasteiger partial charge in [-0.05, 0) is 18.9 Å². The highest BCUT2D eigenvalue weighted by Gasteiger charge is 2.17. The van der Waals surface area contributed by atoms with Crippen molar-refractivity contribution in [2.24, 2.45) is 5.92 Å². The number of nitrogens with zero attached hydrogens (tertiary/aromatic N) is 2. The van der Waals surface area contributed by atoms with Gasteiger partial charge in [0.2, 0.25) is 0 Å². The normalized spacial score (nSPS) is 13.3. The summed E-state index contributed by atoms with van der Waals surface area (Å²) >= 11 is 1.30. The molecule has 1 aromatic rings. The zero-order valence-electron chi connectivity index (χ0n) is 9.86. The molecule has 0 radical (unpaired) electrons. The third kappa shape index (κ3) is 3.87. The summed E-state index contributed by atoms with van der Waals surface area (Å²) in [5.41, 5.74) is 1.11. The standard InChI is InChI=1S/C11H21N3S/c1-4-9(5-2)7-10(12-6-3)11-8-13-15-14-11/h8-10,12H,4-7H2,1-3H3. The number of aromatic nitrogens is 2. The Morgan fingerprint density at radius 3 is 2.53 bits per heavy atom. The van der Waals surface area contributed by atoms with E-state index < -0.39 is 0 Å². The van der Waals surface area contributed by atoms with Crippen molar-refractivity contribution in [2.45, 2.75) is 46.1 Å². The monoisotopic (exact) mass is 227 g/mol. The lowest BCUT2D eigenvalue weighted by Gasteiger charge is -2.20. The van der Waals surface area contributed by atoms with Crippen molar-refractivity contribution in [3.05, 3.63) is 11.9 Å². The van der Waals surface area contributed by atoms with Gasteiger partial charge >= 0.3 is 0 Å². The van der Waals surface area contributed by atoms with Crippen LogP contribution in [0.1, 0.15) is 51.8 Å². The van der Waals surface area contributed by atoms with Crippen LogP contribution in [0.5, 0.6) is 0 Å². The van der Waals surface area contributed by atoms with Gasteiger partial charge in [-0.2, -0.15) is 8.75 Å². The fourth-order valence-electron chi connectivity index (χ4n) is 1.84. The lowest BCUT2D eigenvalue weighted by atomic mass is 9.93. The second-order valence-electron chi connectivity index (χ2n) is 3.86. The minimum atomic E-state index is 0.388. The first-order valence-corrected chi connectivity index (χ1v) is 6.55. The van der Waals surface area contributed by atoms with Crippen molar-refractivity contribution < 1.29 is 0 Å². The summed E-state index contributed by atoms with van der Waals surface area (Å²) in [5.74, 6) is 0.788. The van der Waals surface area contributed by atoms with E-state index in [-0.39, 0.29) is 0 Å². The highest BCUT2D eigenvalue weighted by atomic mass is 32.1. The van der Waals surface area contributed by atoms with Gasteiger partial charge in [0.1, 0.15) is 0 Å². The van der Waals surface area contributed by atoms with Crippen LogP contribution in [0.2, 0.25) is 0 Å². The van der Waals surface area contributed by atoms with Gasteiger partial charge in [-0.1, -0.05) is 33.6 Å². The zero-order valence-corrected chi connectivity index (χ0v) is 10.7. The highest BCUT2D eigenvalue weighted by molar-refractivity contribution is 6.99. The van der Waals surface area contributed by atoms with Crippen LogP contribution in [-0.4, -0.2) is 15.3 Å². The molecule has 4 heteroatoms. The minimum Gasteiger partial charge on any atom is -0.309 e. The van der Waals surface area contributed by atoms with E-state index >= 15 is 0 Å². The summed E-state index contributed by atoms with van der Waals surface area (Å²) in [6.07, 6.45) is 5.55. The summed E-state index contributed by atoms with van der Waals surface area (Å²) in [4.78, 5) is 0. The summed E-state index contributed by atoms with van der Waals surface area (Å²) < 4.78 is 8.40. The summed E-state index contributed by atoms with van der Waals surface area (Å²) in [5, 5.41) is 3.49. The smallest absolute Gasteiger partial charge is 0.0912 e. The van der Waals surface area contributed by atoms with Crippen LogP contribution in [0.15, 0.2) is 6.20 Å². The van der Waals surface area contributed by atoms with Crippen molar-refractivity contribution in [3.63, 3.8) is 0 Å². The third-order valence-electron chi connectivity index (χ3n) is 2.91. The average molecular weight is 227 g/mol. The Morgan fingerprint density at radius 2 is 2.07 bits per heavy atom. The fraction of sp³-hybridized carbons (Fsp3) is 0.818. The Balaban J connectivity index is 2.58. The molecule has 1 unspecified atom stereocenters. The van der Waals surface area contributed by atoms with Crippen LogP contribution in [0.4, 0.5) is 0 Å². The first kappa shape index (κ1) is 12.6. The molecule has 86 valence electrons. The van der Waals surface area contributed by atoms with Crippen LogP contribution in [-0.2, 0) is 0 Å². The molecule has 0 aromatic carbocycles. The maximum Gasteiger partial charge on any atom is 0.0912 e. The van der Waals surface area contributed by atoms with Gasteiger partial charge in [-0.15, -0.1) is 0 Å². The van der Waals surface area contributed by atoms with Crippen LogP contribution >= 0.6 is 11.7 Å². The predicted molar refractivity (Wildman–Crippen MR) is 65.0 cm³/mol. The molecule has 1 rings (SSSR count). The lowest BCUT2D eigenvalue weighted by molar-refractivity contribution is 0.372. The summed E-state index contributed by atoms with van der Waals surface area (Å²) in [7, 11) is 0. The molecule has 0 saturated carbocycles. The number of nitrogens with one attached hydrogen (secondary N) is 1. The van der Waals surface area contributed by atoms with Crippen molar-refractivity contribution >= 4 is 11.7 Å². The Morgan fingerprint density at radius 1 is 1.33 bits per heavy atom. The van der Waals surface area contributed by atoms with Crippen molar-refractivity contribution in [3.8, 4) is 0 Å². The van der Waals surface area contributed by atoms with E-state index in [0.29, 0.717) is 6.04 Å². The quantitative estimate of drug-likeness (QED) is 0.778. The van der Waals surface area contributed by atoms with Crippen LogP contribution < -0.4 is 5.32 Å². The number of hydrogen-bond donors (Lipinski definition) is 1. The third-order valence-corrected chi connectivity index (χ3v) is 3.40. The van der Waals surface area contributed by atoms with Gasteiger partial charge in [0.25, 0.3) is 0 Å². The van der Waals surface area contributed by atoms with E-state index in [0.717, 1.165) is 18.2 Å². The number of rotatable bonds is 7. The molecule has 0 fully saturated rings. The Bertz CT molecular complexity index is 244. The maximum absolute atomic E-state index is 4.32. The fourth-order valence-corrected chi connectivity index (χ4v) is 2.31. The predicted octanol–water partition coefficient (Wildman–Crippen LogP) is 3.02. The summed E-state index contributed by atoms with van der Waals surface area (Å²) in [6.45, 7) is 7.65. The molecule has 15 heavy (non-hydrogen) atoms. The van der Waals surface area contributed by atoms with Gasteiger partial charge in [-0.25, -0.2) is 0 Å². The molecule has 0 bridgehead atoms.